The van der Waals surface area contributed by atoms with Gasteiger partial charge in [0.15, 0.2) is 22.0 Å². The maximum Gasteiger partial charge on any atom is 0.259 e. The highest BCUT2D eigenvalue weighted by Crippen LogP contribution is 2.23. The molecule has 5 N–H and O–H groups in total. The molecule has 0 saturated carbocycles. The SMILES string of the molecule is CS(=O)(=O)c1ccc(N2CCO[C@H]([C@@H](O)C(=O)Nc3ccc(C(=N)N)cc3)C2=O)cc1. The first-order chi connectivity index (χ1) is 14.6. The van der Waals surface area contributed by atoms with Crippen LogP contribution in [0.2, 0.25) is 0 Å². The smallest absolute Gasteiger partial charge is 0.259 e. The van der Waals surface area contributed by atoms with E-state index in [1.54, 1.807) is 0 Å². The highest BCUT2D eigenvalue weighted by Gasteiger charge is 2.39. The summed E-state index contributed by atoms with van der Waals surface area (Å²) in [5.41, 5.74) is 6.64. The normalized spacial score (nSPS) is 17.8. The largest absolute Gasteiger partial charge is 0.384 e. The van der Waals surface area contributed by atoms with E-state index >= 15 is 0 Å². The molecule has 1 aliphatic rings. The second-order valence-corrected chi connectivity index (χ2v) is 8.99. The lowest BCUT2D eigenvalue weighted by atomic mass is 10.1. The van der Waals surface area contributed by atoms with Crippen molar-refractivity contribution in [3.05, 3.63) is 54.1 Å². The molecule has 2 atom stereocenters. The van der Waals surface area contributed by atoms with Crippen LogP contribution in [-0.2, 0) is 24.2 Å². The van der Waals surface area contributed by atoms with Crippen LogP contribution in [0.4, 0.5) is 11.4 Å². The van der Waals surface area contributed by atoms with Gasteiger partial charge in [-0.05, 0) is 48.5 Å². The first-order valence-electron chi connectivity index (χ1n) is 9.24. The maximum atomic E-state index is 12.8. The minimum absolute atomic E-state index is 0.0852. The lowest BCUT2D eigenvalue weighted by Gasteiger charge is -2.34. The lowest BCUT2D eigenvalue weighted by molar-refractivity contribution is -0.150. The van der Waals surface area contributed by atoms with E-state index in [0.717, 1.165) is 6.26 Å². The number of aliphatic hydroxyl groups excluding tert-OH is 1. The number of nitrogens with two attached hydrogens (primary N) is 1. The molecule has 1 aliphatic heterocycles. The molecule has 2 aromatic carbocycles. The molecule has 0 unspecified atom stereocenters. The molecule has 164 valence electrons. The van der Waals surface area contributed by atoms with Gasteiger partial charge in [0.1, 0.15) is 5.84 Å². The molecule has 3 rings (SSSR count). The van der Waals surface area contributed by atoms with E-state index in [1.165, 1.54) is 53.4 Å². The van der Waals surface area contributed by atoms with E-state index in [1.807, 2.05) is 0 Å². The van der Waals surface area contributed by atoms with Gasteiger partial charge in [-0.25, -0.2) is 8.42 Å². The molecule has 2 aromatic rings. The molecule has 1 heterocycles. The first-order valence-corrected chi connectivity index (χ1v) is 11.1. The predicted octanol–water partition coefficient (Wildman–Crippen LogP) is 0.106. The summed E-state index contributed by atoms with van der Waals surface area (Å²) < 4.78 is 28.6. The number of sulfone groups is 1. The number of amides is 2. The van der Waals surface area contributed by atoms with Gasteiger partial charge in [0, 0.05) is 29.7 Å². The summed E-state index contributed by atoms with van der Waals surface area (Å²) >= 11 is 0. The quantitative estimate of drug-likeness (QED) is 0.361. The third kappa shape index (κ3) is 5.08. The fraction of sp³-hybridized carbons (Fsp3) is 0.250. The first kappa shape index (κ1) is 22.4. The Kier molecular flexibility index (Phi) is 6.39. The van der Waals surface area contributed by atoms with Gasteiger partial charge in [0.05, 0.1) is 11.5 Å². The average molecular weight is 446 g/mol. The van der Waals surface area contributed by atoms with E-state index in [0.29, 0.717) is 16.9 Å². The molecular formula is C20H22N4O6S. The number of nitrogens with one attached hydrogen (secondary N) is 2. The summed E-state index contributed by atoms with van der Waals surface area (Å²) in [5.74, 6) is -1.57. The minimum atomic E-state index is -3.38. The number of carbonyl (C=O) groups is 2. The van der Waals surface area contributed by atoms with Crippen molar-refractivity contribution in [1.82, 2.24) is 0 Å². The van der Waals surface area contributed by atoms with Crippen LogP contribution in [0.15, 0.2) is 53.4 Å². The van der Waals surface area contributed by atoms with Gasteiger partial charge in [-0.2, -0.15) is 0 Å². The second-order valence-electron chi connectivity index (χ2n) is 6.97. The van der Waals surface area contributed by atoms with Crippen LogP contribution < -0.4 is 16.0 Å². The molecule has 1 saturated heterocycles. The Labute approximate surface area is 179 Å². The van der Waals surface area contributed by atoms with Gasteiger partial charge in [0.2, 0.25) is 0 Å². The van der Waals surface area contributed by atoms with Crippen molar-refractivity contribution < 1.29 is 27.9 Å². The van der Waals surface area contributed by atoms with E-state index in [4.69, 9.17) is 15.9 Å². The van der Waals surface area contributed by atoms with Crippen LogP contribution in [0.3, 0.4) is 0 Å². The highest BCUT2D eigenvalue weighted by atomic mass is 32.2. The molecule has 31 heavy (non-hydrogen) atoms. The zero-order valence-corrected chi connectivity index (χ0v) is 17.4. The third-order valence-electron chi connectivity index (χ3n) is 4.72. The molecule has 0 aromatic heterocycles. The van der Waals surface area contributed by atoms with E-state index in [-0.39, 0.29) is 23.9 Å². The van der Waals surface area contributed by atoms with Crippen LogP contribution in [0.5, 0.6) is 0 Å². The topological polar surface area (TPSA) is 163 Å². The Morgan fingerprint density at radius 2 is 1.84 bits per heavy atom. The summed E-state index contributed by atoms with van der Waals surface area (Å²) in [5, 5.41) is 20.3. The predicted molar refractivity (Wildman–Crippen MR) is 114 cm³/mol. The van der Waals surface area contributed by atoms with Crippen molar-refractivity contribution in [2.45, 2.75) is 17.1 Å². The zero-order chi connectivity index (χ0) is 22.8. The third-order valence-corrected chi connectivity index (χ3v) is 5.85. The van der Waals surface area contributed by atoms with Crippen molar-refractivity contribution in [2.75, 3.05) is 29.6 Å². The van der Waals surface area contributed by atoms with Crippen LogP contribution in [0.25, 0.3) is 0 Å². The summed E-state index contributed by atoms with van der Waals surface area (Å²) in [4.78, 5) is 26.7. The van der Waals surface area contributed by atoms with Crippen molar-refractivity contribution in [2.24, 2.45) is 5.73 Å². The summed E-state index contributed by atoms with van der Waals surface area (Å²) in [6, 6.07) is 11.8. The Bertz CT molecular complexity index is 1100. The number of anilines is 2. The number of amidine groups is 1. The number of morpholine rings is 1. The monoisotopic (exact) mass is 446 g/mol. The van der Waals surface area contributed by atoms with Gasteiger partial charge in [-0.15, -0.1) is 0 Å². The lowest BCUT2D eigenvalue weighted by Crippen LogP contribution is -2.55. The molecule has 2 amide bonds. The van der Waals surface area contributed by atoms with Gasteiger partial charge in [0.25, 0.3) is 11.8 Å². The number of nitrogens with zero attached hydrogens (tertiary/aromatic N) is 1. The van der Waals surface area contributed by atoms with Gasteiger partial charge < -0.3 is 25.8 Å². The van der Waals surface area contributed by atoms with Gasteiger partial charge in [-0.1, -0.05) is 0 Å². The van der Waals surface area contributed by atoms with E-state index in [9.17, 15) is 23.1 Å². The average Bonchev–Trinajstić information content (AvgIpc) is 2.73. The molecule has 0 aliphatic carbocycles. The Balaban J connectivity index is 1.71. The van der Waals surface area contributed by atoms with Gasteiger partial charge in [-0.3, -0.25) is 15.0 Å². The number of carbonyl (C=O) groups excluding carboxylic acids is 2. The fourth-order valence-electron chi connectivity index (χ4n) is 3.05. The second kappa shape index (κ2) is 8.84. The Hall–Kier alpha value is -3.28. The standard InChI is InChI=1S/C20H22N4O6S/c1-31(28,29)15-8-6-14(7-9-15)24-10-11-30-17(20(24)27)16(25)19(26)23-13-4-2-12(3-5-13)18(21)22/h2-9,16-17,25H,10-11H2,1H3,(H3,21,22)(H,23,26)/t16-,17-/m1/s1. The summed E-state index contributed by atoms with van der Waals surface area (Å²) in [6.07, 6.45) is -2.10. The molecule has 1 fully saturated rings. The zero-order valence-electron chi connectivity index (χ0n) is 16.6. The number of benzene rings is 2. The van der Waals surface area contributed by atoms with Crippen molar-refractivity contribution in [3.8, 4) is 0 Å². The minimum Gasteiger partial charge on any atom is -0.384 e. The van der Waals surface area contributed by atoms with Crippen LogP contribution in [0, 0.1) is 5.41 Å². The summed E-state index contributed by atoms with van der Waals surface area (Å²) in [7, 11) is -3.38. The molecule has 0 bridgehead atoms. The number of hydrogen-bond acceptors (Lipinski definition) is 7. The number of ether oxygens (including phenoxy) is 1. The molecule has 0 spiro atoms. The molecule has 10 nitrogen and oxygen atoms in total. The Morgan fingerprint density at radius 1 is 1.23 bits per heavy atom. The van der Waals surface area contributed by atoms with Crippen LogP contribution >= 0.6 is 0 Å². The number of aliphatic hydroxyl groups is 1. The van der Waals surface area contributed by atoms with Crippen molar-refractivity contribution in [3.63, 3.8) is 0 Å². The summed E-state index contributed by atoms with van der Waals surface area (Å²) in [6.45, 7) is 0.274. The maximum absolute atomic E-state index is 12.8. The van der Waals surface area contributed by atoms with Crippen LogP contribution in [0.1, 0.15) is 5.56 Å². The van der Waals surface area contributed by atoms with Crippen LogP contribution in [-0.4, -0.2) is 62.8 Å². The highest BCUT2D eigenvalue weighted by molar-refractivity contribution is 7.90. The number of rotatable bonds is 6. The Morgan fingerprint density at radius 3 is 2.39 bits per heavy atom. The number of hydrogen-bond donors (Lipinski definition) is 4. The van der Waals surface area contributed by atoms with Gasteiger partial charge >= 0.3 is 0 Å². The van der Waals surface area contributed by atoms with E-state index < -0.39 is 33.9 Å². The van der Waals surface area contributed by atoms with Crippen molar-refractivity contribution in [1.29, 1.82) is 5.41 Å². The number of nitrogen functional groups attached to an aromatic ring is 1. The fourth-order valence-corrected chi connectivity index (χ4v) is 3.68. The molecule has 11 heteroatoms. The van der Waals surface area contributed by atoms with Crippen molar-refractivity contribution >= 4 is 38.9 Å². The molecular weight excluding hydrogens is 424 g/mol. The van der Waals surface area contributed by atoms with E-state index in [2.05, 4.69) is 5.32 Å². The molecule has 0 radical (unpaired) electrons.